The summed E-state index contributed by atoms with van der Waals surface area (Å²) in [6.07, 6.45) is 3.14. The minimum absolute atomic E-state index is 0.124. The van der Waals surface area contributed by atoms with E-state index in [9.17, 15) is 9.46 Å². The smallest absolute Gasteiger partial charge is 0.132 e. The van der Waals surface area contributed by atoms with E-state index in [0.29, 0.717) is 26.1 Å². The van der Waals surface area contributed by atoms with Crippen molar-refractivity contribution >= 4 is 7.60 Å². The van der Waals surface area contributed by atoms with Crippen molar-refractivity contribution in [1.82, 2.24) is 0 Å². The Hall–Kier alpha value is -0.0100. The SMILES string of the molecule is NCC[N+](CCN)(CCN)CCCCCCP(=O)([O-])O. The molecular formula is C12H31N4O3P. The van der Waals surface area contributed by atoms with Gasteiger partial charge in [0.25, 0.3) is 0 Å². The number of hydrogen-bond acceptors (Lipinski definition) is 5. The molecule has 0 spiro atoms. The van der Waals surface area contributed by atoms with Crippen molar-refractivity contribution < 1.29 is 18.8 Å². The molecule has 0 amide bonds. The van der Waals surface area contributed by atoms with Crippen molar-refractivity contribution in [3.05, 3.63) is 0 Å². The fourth-order valence-corrected chi connectivity index (χ4v) is 3.23. The van der Waals surface area contributed by atoms with E-state index in [4.69, 9.17) is 22.1 Å². The van der Waals surface area contributed by atoms with Gasteiger partial charge in [-0.3, -0.25) is 0 Å². The summed E-state index contributed by atoms with van der Waals surface area (Å²) in [5, 5.41) is 0. The fourth-order valence-electron chi connectivity index (χ4n) is 2.60. The van der Waals surface area contributed by atoms with Gasteiger partial charge in [-0.05, 0) is 19.3 Å². The Morgan fingerprint density at radius 2 is 1.30 bits per heavy atom. The molecule has 0 saturated heterocycles. The van der Waals surface area contributed by atoms with Gasteiger partial charge in [-0.2, -0.15) is 0 Å². The Labute approximate surface area is 122 Å². The molecule has 0 saturated carbocycles. The summed E-state index contributed by atoms with van der Waals surface area (Å²) in [6, 6.07) is 0. The molecule has 20 heavy (non-hydrogen) atoms. The summed E-state index contributed by atoms with van der Waals surface area (Å²) in [6.45, 7) is 5.44. The second kappa shape index (κ2) is 10.7. The van der Waals surface area contributed by atoms with E-state index in [-0.39, 0.29) is 6.16 Å². The molecule has 7 N–H and O–H groups in total. The Kier molecular flexibility index (Phi) is 10.7. The van der Waals surface area contributed by atoms with Gasteiger partial charge in [0, 0.05) is 25.8 Å². The van der Waals surface area contributed by atoms with Crippen molar-refractivity contribution in [3.63, 3.8) is 0 Å². The molecule has 1 unspecified atom stereocenters. The van der Waals surface area contributed by atoms with E-state index in [1.165, 1.54) is 0 Å². The van der Waals surface area contributed by atoms with E-state index in [1.54, 1.807) is 0 Å². The third-order valence-corrected chi connectivity index (χ3v) is 4.51. The van der Waals surface area contributed by atoms with Crippen LogP contribution in [0.4, 0.5) is 0 Å². The van der Waals surface area contributed by atoms with Gasteiger partial charge in [-0.15, -0.1) is 0 Å². The van der Waals surface area contributed by atoms with E-state index in [1.807, 2.05) is 0 Å². The zero-order chi connectivity index (χ0) is 15.5. The standard InChI is InChI=1S/C12H31N4O3P/c13-5-9-16(10-6-14,11-7-15)8-3-1-2-4-12-20(17,18)19/h1-15H2,(H-,17,18,19). The Bertz CT molecular complexity index is 269. The Morgan fingerprint density at radius 1 is 0.850 bits per heavy atom. The third kappa shape index (κ3) is 9.83. The molecule has 0 bridgehead atoms. The predicted octanol–water partition coefficient (Wildman–Crippen LogP) is -1.21. The van der Waals surface area contributed by atoms with Gasteiger partial charge >= 0.3 is 0 Å². The lowest BCUT2D eigenvalue weighted by molar-refractivity contribution is -0.924. The van der Waals surface area contributed by atoms with Gasteiger partial charge in [0.05, 0.1) is 26.2 Å². The number of quaternary nitrogens is 1. The van der Waals surface area contributed by atoms with Crippen LogP contribution in [0.1, 0.15) is 25.7 Å². The highest BCUT2D eigenvalue weighted by atomic mass is 31.2. The molecule has 0 aromatic heterocycles. The first-order chi connectivity index (χ1) is 9.39. The molecule has 0 aromatic carbocycles. The largest absolute Gasteiger partial charge is 0.779 e. The molecular weight excluding hydrogens is 279 g/mol. The van der Waals surface area contributed by atoms with Crippen LogP contribution < -0.4 is 22.1 Å². The van der Waals surface area contributed by atoms with Crippen LogP contribution in [0.3, 0.4) is 0 Å². The van der Waals surface area contributed by atoms with Crippen molar-refractivity contribution in [3.8, 4) is 0 Å². The Morgan fingerprint density at radius 3 is 1.70 bits per heavy atom. The second-order valence-electron chi connectivity index (χ2n) is 5.38. The first-order valence-corrected chi connectivity index (χ1v) is 9.13. The lowest BCUT2D eigenvalue weighted by Gasteiger charge is -2.38. The van der Waals surface area contributed by atoms with Crippen LogP contribution in [0.2, 0.25) is 0 Å². The summed E-state index contributed by atoms with van der Waals surface area (Å²) >= 11 is 0. The zero-order valence-corrected chi connectivity index (χ0v) is 13.3. The first kappa shape index (κ1) is 20.0. The monoisotopic (exact) mass is 310 g/mol. The van der Waals surface area contributed by atoms with E-state index in [0.717, 1.165) is 49.9 Å². The lowest BCUT2D eigenvalue weighted by atomic mass is 10.1. The molecule has 0 aromatic rings. The van der Waals surface area contributed by atoms with Crippen LogP contribution in [-0.4, -0.2) is 61.4 Å². The fraction of sp³-hybridized carbons (Fsp3) is 1.00. The molecule has 0 aliphatic carbocycles. The summed E-state index contributed by atoms with van der Waals surface area (Å²) in [7, 11) is -4.08. The first-order valence-electron chi connectivity index (χ1n) is 7.37. The summed E-state index contributed by atoms with van der Waals surface area (Å²) < 4.78 is 11.5. The number of unbranched alkanes of at least 4 members (excludes halogenated alkanes) is 3. The van der Waals surface area contributed by atoms with Crippen molar-refractivity contribution in [2.75, 3.05) is 52.0 Å². The molecule has 0 rings (SSSR count). The molecule has 122 valence electrons. The molecule has 8 heteroatoms. The van der Waals surface area contributed by atoms with Crippen molar-refractivity contribution in [2.45, 2.75) is 25.7 Å². The highest BCUT2D eigenvalue weighted by Gasteiger charge is 2.24. The minimum Gasteiger partial charge on any atom is -0.779 e. The highest BCUT2D eigenvalue weighted by Crippen LogP contribution is 2.30. The van der Waals surface area contributed by atoms with E-state index in [2.05, 4.69) is 0 Å². The predicted molar refractivity (Wildman–Crippen MR) is 80.1 cm³/mol. The number of rotatable bonds is 13. The maximum absolute atomic E-state index is 10.6. The minimum atomic E-state index is -4.08. The van der Waals surface area contributed by atoms with Gasteiger partial charge in [-0.1, -0.05) is 6.42 Å². The quantitative estimate of drug-likeness (QED) is 0.191. The average molecular weight is 310 g/mol. The van der Waals surface area contributed by atoms with Crippen LogP contribution in [0.5, 0.6) is 0 Å². The van der Waals surface area contributed by atoms with Crippen LogP contribution in [-0.2, 0) is 4.57 Å². The zero-order valence-electron chi connectivity index (χ0n) is 12.4. The van der Waals surface area contributed by atoms with Crippen LogP contribution in [0.25, 0.3) is 0 Å². The number of hydrogen-bond donors (Lipinski definition) is 4. The highest BCUT2D eigenvalue weighted by molar-refractivity contribution is 7.50. The topological polar surface area (TPSA) is 138 Å². The molecule has 0 aliphatic rings. The van der Waals surface area contributed by atoms with E-state index >= 15 is 0 Å². The van der Waals surface area contributed by atoms with Crippen molar-refractivity contribution in [1.29, 1.82) is 0 Å². The molecule has 0 aliphatic heterocycles. The van der Waals surface area contributed by atoms with Gasteiger partial charge in [0.1, 0.15) is 7.60 Å². The Balaban J connectivity index is 4.03. The van der Waals surface area contributed by atoms with Crippen LogP contribution >= 0.6 is 7.60 Å². The lowest BCUT2D eigenvalue weighted by Crippen LogP contribution is -2.56. The maximum atomic E-state index is 10.6. The normalized spacial score (nSPS) is 15.2. The molecule has 7 nitrogen and oxygen atoms in total. The number of nitrogens with two attached hydrogens (primary N) is 3. The molecule has 0 heterocycles. The molecule has 0 radical (unpaired) electrons. The second-order valence-corrected chi connectivity index (χ2v) is 7.10. The molecule has 1 atom stereocenters. The maximum Gasteiger partial charge on any atom is 0.132 e. The average Bonchev–Trinajstić information content (AvgIpc) is 2.33. The van der Waals surface area contributed by atoms with Gasteiger partial charge in [0.15, 0.2) is 0 Å². The summed E-state index contributed by atoms with van der Waals surface area (Å²) in [4.78, 5) is 19.3. The van der Waals surface area contributed by atoms with Gasteiger partial charge in [-0.25, -0.2) is 0 Å². The van der Waals surface area contributed by atoms with E-state index < -0.39 is 7.60 Å². The van der Waals surface area contributed by atoms with Crippen LogP contribution in [0.15, 0.2) is 0 Å². The van der Waals surface area contributed by atoms with Gasteiger partial charge in [0.2, 0.25) is 0 Å². The third-order valence-electron chi connectivity index (χ3n) is 3.63. The summed E-state index contributed by atoms with van der Waals surface area (Å²) in [5.74, 6) is 0. The van der Waals surface area contributed by atoms with Gasteiger partial charge < -0.3 is 36.0 Å². The van der Waals surface area contributed by atoms with Crippen LogP contribution in [0, 0.1) is 0 Å². The number of nitrogens with zero attached hydrogens (tertiary/aromatic N) is 1. The van der Waals surface area contributed by atoms with Crippen molar-refractivity contribution in [2.24, 2.45) is 17.2 Å². The molecule has 0 fully saturated rings. The summed E-state index contributed by atoms with van der Waals surface area (Å²) in [5.41, 5.74) is 17.1.